The van der Waals surface area contributed by atoms with E-state index in [-0.39, 0.29) is 5.60 Å². The summed E-state index contributed by atoms with van der Waals surface area (Å²) in [4.78, 5) is 9.00. The van der Waals surface area contributed by atoms with Gasteiger partial charge in [0.2, 0.25) is 0 Å². The Morgan fingerprint density at radius 3 is 2.16 bits per heavy atom. The predicted octanol–water partition coefficient (Wildman–Crippen LogP) is 4.76. The first kappa shape index (κ1) is 21.2. The van der Waals surface area contributed by atoms with Gasteiger partial charge in [-0.15, -0.1) is 0 Å². The van der Waals surface area contributed by atoms with Gasteiger partial charge in [0, 0.05) is 13.5 Å². The van der Waals surface area contributed by atoms with E-state index in [1.807, 2.05) is 0 Å². The molecule has 1 aromatic carbocycles. The van der Waals surface area contributed by atoms with Gasteiger partial charge < -0.3 is 15.1 Å². The van der Waals surface area contributed by atoms with Crippen LogP contribution in [0.4, 0.5) is 0 Å². The molecular formula is C20H31NO4. The molecule has 0 amide bonds. The lowest BCUT2D eigenvalue weighted by Gasteiger charge is -2.38. The summed E-state index contributed by atoms with van der Waals surface area (Å²) in [6, 6.07) is 8.90. The molecule has 0 aliphatic heterocycles. The van der Waals surface area contributed by atoms with Crippen molar-refractivity contribution in [2.45, 2.75) is 71.3 Å². The van der Waals surface area contributed by atoms with E-state index < -0.39 is 5.97 Å². The second kappa shape index (κ2) is 10.9. The van der Waals surface area contributed by atoms with Crippen molar-refractivity contribution in [3.63, 3.8) is 0 Å². The fraction of sp³-hybridized carbons (Fsp3) is 0.600. The average Bonchev–Trinajstić information content (AvgIpc) is 2.61. The number of carboxylic acids is 1. The Labute approximate surface area is 150 Å². The van der Waals surface area contributed by atoms with Crippen molar-refractivity contribution in [1.82, 2.24) is 0 Å². The number of aliphatic carboxylic acids is 1. The lowest BCUT2D eigenvalue weighted by atomic mass is 9.78. The third-order valence-corrected chi connectivity index (χ3v) is 4.38. The van der Waals surface area contributed by atoms with Gasteiger partial charge in [0.05, 0.1) is 11.3 Å². The fourth-order valence-corrected chi connectivity index (χ4v) is 3.12. The van der Waals surface area contributed by atoms with Gasteiger partial charge in [-0.1, -0.05) is 49.7 Å². The molecule has 5 heteroatoms. The molecule has 140 valence electrons. The summed E-state index contributed by atoms with van der Waals surface area (Å²) >= 11 is 0. The molecule has 25 heavy (non-hydrogen) atoms. The van der Waals surface area contributed by atoms with E-state index in [2.05, 4.69) is 43.3 Å². The summed E-state index contributed by atoms with van der Waals surface area (Å²) in [7, 11) is 0. The highest BCUT2D eigenvalue weighted by molar-refractivity contribution is 5.84. The monoisotopic (exact) mass is 349 g/mol. The zero-order valence-electron chi connectivity index (χ0n) is 15.6. The van der Waals surface area contributed by atoms with Crippen LogP contribution in [0.15, 0.2) is 29.4 Å². The average molecular weight is 349 g/mol. The van der Waals surface area contributed by atoms with E-state index in [0.29, 0.717) is 0 Å². The molecule has 1 fully saturated rings. The molecule has 1 aliphatic carbocycles. The molecule has 5 nitrogen and oxygen atoms in total. The van der Waals surface area contributed by atoms with Crippen molar-refractivity contribution in [2.75, 3.05) is 6.61 Å². The number of benzene rings is 1. The molecule has 1 saturated carbocycles. The van der Waals surface area contributed by atoms with E-state index in [1.165, 1.54) is 17.5 Å². The number of rotatable bonds is 6. The third-order valence-electron chi connectivity index (χ3n) is 4.38. The molecule has 0 atom stereocenters. The van der Waals surface area contributed by atoms with Crippen molar-refractivity contribution < 1.29 is 19.8 Å². The minimum absolute atomic E-state index is 0.199. The Morgan fingerprint density at radius 2 is 1.72 bits per heavy atom. The highest BCUT2D eigenvalue weighted by Crippen LogP contribution is 2.40. The Kier molecular flexibility index (Phi) is 9.21. The minimum Gasteiger partial charge on any atom is -0.481 e. The van der Waals surface area contributed by atoms with E-state index in [9.17, 15) is 0 Å². The minimum atomic E-state index is -0.833. The van der Waals surface area contributed by atoms with Gasteiger partial charge in [-0.05, 0) is 49.7 Å². The van der Waals surface area contributed by atoms with Crippen molar-refractivity contribution >= 4 is 11.7 Å². The van der Waals surface area contributed by atoms with Crippen LogP contribution >= 0.6 is 0 Å². The molecule has 1 aromatic rings. The molecule has 0 unspecified atom stereocenters. The maximum Gasteiger partial charge on any atom is 0.300 e. The van der Waals surface area contributed by atoms with Crippen molar-refractivity contribution in [3.05, 3.63) is 35.4 Å². The Balaban J connectivity index is 0.000000705. The molecule has 0 spiro atoms. The highest BCUT2D eigenvalue weighted by Gasteiger charge is 2.36. The Hall–Kier alpha value is -1.88. The summed E-state index contributed by atoms with van der Waals surface area (Å²) in [5.74, 6) is -0.833. The second-order valence-corrected chi connectivity index (χ2v) is 6.47. The van der Waals surface area contributed by atoms with Gasteiger partial charge in [-0.3, -0.25) is 4.79 Å². The third kappa shape index (κ3) is 6.86. The number of aryl methyl sites for hydroxylation is 1. The van der Waals surface area contributed by atoms with Gasteiger partial charge in [0.15, 0.2) is 0 Å². The number of carbonyl (C=O) groups is 1. The van der Waals surface area contributed by atoms with Crippen LogP contribution in [-0.4, -0.2) is 28.6 Å². The zero-order chi connectivity index (χ0) is 18.7. The van der Waals surface area contributed by atoms with Crippen LogP contribution in [0.1, 0.15) is 70.4 Å². The summed E-state index contributed by atoms with van der Waals surface area (Å²) in [6.07, 6.45) is 6.76. The molecule has 0 bridgehead atoms. The van der Waals surface area contributed by atoms with Crippen LogP contribution in [0.25, 0.3) is 0 Å². The molecule has 2 rings (SSSR count). The lowest BCUT2D eigenvalue weighted by Crippen LogP contribution is -2.35. The van der Waals surface area contributed by atoms with E-state index >= 15 is 0 Å². The predicted molar refractivity (Wildman–Crippen MR) is 99.4 cm³/mol. The first-order valence-corrected chi connectivity index (χ1v) is 9.10. The Bertz CT molecular complexity index is 537. The first-order valence-electron chi connectivity index (χ1n) is 9.10. The first-order chi connectivity index (χ1) is 12.0. The van der Waals surface area contributed by atoms with Crippen LogP contribution < -0.4 is 0 Å². The van der Waals surface area contributed by atoms with Gasteiger partial charge >= 0.3 is 0 Å². The van der Waals surface area contributed by atoms with Crippen LogP contribution in [-0.2, 0) is 21.6 Å². The van der Waals surface area contributed by atoms with E-state index in [0.717, 1.165) is 57.8 Å². The maximum absolute atomic E-state index is 9.00. The van der Waals surface area contributed by atoms with Gasteiger partial charge in [-0.2, -0.15) is 0 Å². The van der Waals surface area contributed by atoms with E-state index in [4.69, 9.17) is 19.8 Å². The summed E-state index contributed by atoms with van der Waals surface area (Å²) in [6.45, 7) is 6.21. The maximum atomic E-state index is 9.00. The Morgan fingerprint density at radius 1 is 1.16 bits per heavy atom. The zero-order valence-corrected chi connectivity index (χ0v) is 15.6. The fourth-order valence-electron chi connectivity index (χ4n) is 3.12. The van der Waals surface area contributed by atoms with Crippen LogP contribution in [0, 0.1) is 0 Å². The molecule has 1 aliphatic rings. The lowest BCUT2D eigenvalue weighted by molar-refractivity contribution is -0.134. The number of oxime groups is 1. The SMILES string of the molecule is CC(=O)O.CCCOC1(c2ccc(CCC)cc2)CCC(=NO)CC1. The number of hydrogen-bond donors (Lipinski definition) is 2. The van der Waals surface area contributed by atoms with Crippen molar-refractivity contribution in [2.24, 2.45) is 5.16 Å². The van der Waals surface area contributed by atoms with Gasteiger partial charge in [-0.25, -0.2) is 0 Å². The smallest absolute Gasteiger partial charge is 0.300 e. The number of nitrogens with zero attached hydrogens (tertiary/aromatic N) is 1. The largest absolute Gasteiger partial charge is 0.481 e. The number of hydrogen-bond acceptors (Lipinski definition) is 4. The number of carboxylic acid groups (broad SMARTS) is 1. The summed E-state index contributed by atoms with van der Waals surface area (Å²) < 4.78 is 6.26. The molecule has 0 saturated heterocycles. The molecule has 0 heterocycles. The van der Waals surface area contributed by atoms with Crippen molar-refractivity contribution in [1.29, 1.82) is 0 Å². The second-order valence-electron chi connectivity index (χ2n) is 6.47. The molecule has 0 radical (unpaired) electrons. The topological polar surface area (TPSA) is 79.1 Å². The molecule has 2 N–H and O–H groups in total. The standard InChI is InChI=1S/C18H27NO2.C2H4O2/c1-3-5-15-6-8-16(9-7-15)18(21-14-4-2)12-10-17(19-20)11-13-18;1-2(3)4/h6-9,20H,3-5,10-14H2,1-2H3;1H3,(H,3,4). The van der Waals surface area contributed by atoms with Crippen LogP contribution in [0.2, 0.25) is 0 Å². The van der Waals surface area contributed by atoms with Crippen LogP contribution in [0.5, 0.6) is 0 Å². The highest BCUT2D eigenvalue weighted by atomic mass is 16.5. The quantitative estimate of drug-likeness (QED) is 0.573. The number of ether oxygens (including phenoxy) is 1. The van der Waals surface area contributed by atoms with Gasteiger partial charge in [0.25, 0.3) is 5.97 Å². The van der Waals surface area contributed by atoms with E-state index in [1.54, 1.807) is 0 Å². The molecular weight excluding hydrogens is 318 g/mol. The molecule has 0 aromatic heterocycles. The van der Waals surface area contributed by atoms with Gasteiger partial charge in [0.1, 0.15) is 0 Å². The summed E-state index contributed by atoms with van der Waals surface area (Å²) in [5.41, 5.74) is 3.36. The van der Waals surface area contributed by atoms with Crippen molar-refractivity contribution in [3.8, 4) is 0 Å². The normalized spacial score (nSPS) is 19.7. The summed E-state index contributed by atoms with van der Waals surface area (Å²) in [5, 5.41) is 19.8. The van der Waals surface area contributed by atoms with Crippen LogP contribution in [0.3, 0.4) is 0 Å².